The molecule has 9 nitrogen and oxygen atoms in total. The van der Waals surface area contributed by atoms with Gasteiger partial charge in [0.2, 0.25) is 0 Å². The summed E-state index contributed by atoms with van der Waals surface area (Å²) in [6.45, 7) is 5.04. The van der Waals surface area contributed by atoms with Crippen LogP contribution in [0.5, 0.6) is 0 Å². The third-order valence-electron chi connectivity index (χ3n) is 4.37. The number of rotatable bonds is 5. The second-order valence-electron chi connectivity index (χ2n) is 6.25. The van der Waals surface area contributed by atoms with Crippen molar-refractivity contribution >= 4 is 33.8 Å². The minimum atomic E-state index is -0.810. The molecule has 28 heavy (non-hydrogen) atoms. The van der Waals surface area contributed by atoms with E-state index in [4.69, 9.17) is 0 Å². The third-order valence-corrected chi connectivity index (χ3v) is 5.13. The minimum Gasteiger partial charge on any atom is -0.295 e. The van der Waals surface area contributed by atoms with Gasteiger partial charge in [0.25, 0.3) is 17.4 Å². The summed E-state index contributed by atoms with van der Waals surface area (Å²) in [5, 5.41) is 19.6. The summed E-state index contributed by atoms with van der Waals surface area (Å²) in [6.07, 6.45) is 0. The SMILES string of the molecule is Cc1ccc(-c2csc(NC(=O)C(=O)c3c(C)nn(C)c3C)n2)cc1[N+](=O)[O-]. The zero-order chi connectivity index (χ0) is 20.6. The van der Waals surface area contributed by atoms with Gasteiger partial charge >= 0.3 is 0 Å². The highest BCUT2D eigenvalue weighted by Crippen LogP contribution is 2.29. The van der Waals surface area contributed by atoms with E-state index in [0.29, 0.717) is 28.2 Å². The Labute approximate surface area is 164 Å². The monoisotopic (exact) mass is 399 g/mol. The molecule has 0 aliphatic rings. The number of hydrogen-bond acceptors (Lipinski definition) is 7. The first-order chi connectivity index (χ1) is 13.2. The van der Waals surface area contributed by atoms with E-state index in [0.717, 1.165) is 11.3 Å². The molecule has 0 radical (unpaired) electrons. The number of nitrogens with one attached hydrogen (secondary N) is 1. The smallest absolute Gasteiger partial charge is 0.295 e. The molecule has 0 bridgehead atoms. The Balaban J connectivity index is 1.81. The van der Waals surface area contributed by atoms with Gasteiger partial charge in [0.15, 0.2) is 5.13 Å². The van der Waals surface area contributed by atoms with E-state index in [1.165, 1.54) is 6.07 Å². The molecule has 1 aromatic carbocycles. The predicted molar refractivity (Wildman–Crippen MR) is 105 cm³/mol. The Hall–Kier alpha value is -3.40. The highest BCUT2D eigenvalue weighted by Gasteiger charge is 2.24. The summed E-state index contributed by atoms with van der Waals surface area (Å²) in [4.78, 5) is 39.7. The number of nitro benzene ring substituents is 1. The maximum Gasteiger partial charge on any atom is 0.298 e. The maximum atomic E-state index is 12.5. The molecule has 3 rings (SSSR count). The fourth-order valence-electron chi connectivity index (χ4n) is 2.80. The highest BCUT2D eigenvalue weighted by molar-refractivity contribution is 7.14. The summed E-state index contributed by atoms with van der Waals surface area (Å²) in [5.41, 5.74) is 2.92. The zero-order valence-electron chi connectivity index (χ0n) is 15.6. The van der Waals surface area contributed by atoms with Gasteiger partial charge in [0.1, 0.15) is 0 Å². The standard InChI is InChI=1S/C18H17N5O4S/c1-9-5-6-12(7-14(9)23(26)27)13-8-28-18(19-13)20-17(25)16(24)15-10(2)21-22(4)11(15)3/h5-8H,1-4H3,(H,19,20,25). The fourth-order valence-corrected chi connectivity index (χ4v) is 3.51. The first kappa shape index (κ1) is 19.4. The van der Waals surface area contributed by atoms with Crippen molar-refractivity contribution in [1.82, 2.24) is 14.8 Å². The van der Waals surface area contributed by atoms with Crippen molar-refractivity contribution in [3.05, 3.63) is 56.2 Å². The summed E-state index contributed by atoms with van der Waals surface area (Å²) in [6, 6.07) is 4.79. The number of carbonyl (C=O) groups excluding carboxylic acids is 2. The van der Waals surface area contributed by atoms with Crippen molar-refractivity contribution in [2.24, 2.45) is 7.05 Å². The first-order valence-corrected chi connectivity index (χ1v) is 9.13. The number of ketones is 1. The van der Waals surface area contributed by atoms with Crippen molar-refractivity contribution < 1.29 is 14.5 Å². The third kappa shape index (κ3) is 3.54. The Morgan fingerprint density at radius 3 is 2.57 bits per heavy atom. The van der Waals surface area contributed by atoms with Crippen LogP contribution in [0.4, 0.5) is 10.8 Å². The average Bonchev–Trinajstić information content (AvgIpc) is 3.19. The van der Waals surface area contributed by atoms with Crippen LogP contribution in [-0.4, -0.2) is 31.4 Å². The van der Waals surface area contributed by atoms with E-state index in [2.05, 4.69) is 15.4 Å². The van der Waals surface area contributed by atoms with Crippen molar-refractivity contribution in [3.8, 4) is 11.3 Å². The van der Waals surface area contributed by atoms with E-state index in [1.54, 1.807) is 50.0 Å². The Morgan fingerprint density at radius 1 is 1.25 bits per heavy atom. The van der Waals surface area contributed by atoms with E-state index in [9.17, 15) is 19.7 Å². The number of benzene rings is 1. The molecule has 0 spiro atoms. The number of Topliss-reactive ketones (excluding diaryl/α,β-unsaturated/α-hetero) is 1. The lowest BCUT2D eigenvalue weighted by Crippen LogP contribution is -2.23. The van der Waals surface area contributed by atoms with E-state index in [-0.39, 0.29) is 16.4 Å². The van der Waals surface area contributed by atoms with Crippen molar-refractivity contribution in [2.45, 2.75) is 20.8 Å². The summed E-state index contributed by atoms with van der Waals surface area (Å²) >= 11 is 1.13. The van der Waals surface area contributed by atoms with E-state index in [1.807, 2.05) is 0 Å². The molecule has 0 saturated carbocycles. The normalized spacial score (nSPS) is 10.7. The van der Waals surface area contributed by atoms with Gasteiger partial charge in [0, 0.05) is 35.3 Å². The lowest BCUT2D eigenvalue weighted by atomic mass is 10.1. The topological polar surface area (TPSA) is 120 Å². The predicted octanol–water partition coefficient (Wildman–Crippen LogP) is 3.20. The van der Waals surface area contributed by atoms with E-state index < -0.39 is 16.6 Å². The Morgan fingerprint density at radius 2 is 1.96 bits per heavy atom. The Bertz CT molecular complexity index is 1120. The molecule has 2 aromatic heterocycles. The number of amides is 1. The van der Waals surface area contributed by atoms with Crippen LogP contribution in [0, 0.1) is 30.9 Å². The summed E-state index contributed by atoms with van der Waals surface area (Å²) in [7, 11) is 1.70. The Kier molecular flexibility index (Phi) is 5.06. The number of nitro groups is 1. The molecule has 144 valence electrons. The van der Waals surface area contributed by atoms with Crippen LogP contribution in [-0.2, 0) is 11.8 Å². The molecular weight excluding hydrogens is 382 g/mol. The molecule has 0 saturated heterocycles. The number of hydrogen-bond donors (Lipinski definition) is 1. The number of aryl methyl sites for hydroxylation is 3. The quantitative estimate of drug-likeness (QED) is 0.304. The van der Waals surface area contributed by atoms with Crippen LogP contribution in [0.2, 0.25) is 0 Å². The van der Waals surface area contributed by atoms with Crippen LogP contribution >= 0.6 is 11.3 Å². The second-order valence-corrected chi connectivity index (χ2v) is 7.11. The number of carbonyl (C=O) groups is 2. The van der Waals surface area contributed by atoms with Crippen LogP contribution in [0.1, 0.15) is 27.3 Å². The maximum absolute atomic E-state index is 12.5. The van der Waals surface area contributed by atoms with Gasteiger partial charge in [-0.05, 0) is 20.8 Å². The molecular formula is C18H17N5O4S. The molecule has 2 heterocycles. The molecule has 0 aliphatic carbocycles. The minimum absolute atomic E-state index is 0.00575. The van der Waals surface area contributed by atoms with Crippen LogP contribution in [0.25, 0.3) is 11.3 Å². The van der Waals surface area contributed by atoms with Crippen molar-refractivity contribution in [2.75, 3.05) is 5.32 Å². The zero-order valence-corrected chi connectivity index (χ0v) is 16.5. The summed E-state index contributed by atoms with van der Waals surface area (Å²) in [5.74, 6) is -1.50. The molecule has 1 N–H and O–H groups in total. The molecule has 0 atom stereocenters. The highest BCUT2D eigenvalue weighted by atomic mass is 32.1. The molecule has 0 unspecified atom stereocenters. The first-order valence-electron chi connectivity index (χ1n) is 8.26. The lowest BCUT2D eigenvalue weighted by molar-refractivity contribution is -0.385. The van der Waals surface area contributed by atoms with Crippen LogP contribution in [0.15, 0.2) is 23.6 Å². The van der Waals surface area contributed by atoms with Crippen LogP contribution in [0.3, 0.4) is 0 Å². The number of thiazole rings is 1. The van der Waals surface area contributed by atoms with Gasteiger partial charge in [-0.25, -0.2) is 4.98 Å². The molecule has 1 amide bonds. The average molecular weight is 399 g/mol. The van der Waals surface area contributed by atoms with E-state index >= 15 is 0 Å². The number of nitrogens with zero attached hydrogens (tertiary/aromatic N) is 4. The fraction of sp³-hybridized carbons (Fsp3) is 0.222. The van der Waals surface area contributed by atoms with Crippen molar-refractivity contribution in [1.29, 1.82) is 0 Å². The van der Waals surface area contributed by atoms with Crippen molar-refractivity contribution in [3.63, 3.8) is 0 Å². The largest absolute Gasteiger partial charge is 0.298 e. The molecule has 10 heteroatoms. The molecule has 3 aromatic rings. The van der Waals surface area contributed by atoms with Gasteiger partial charge in [-0.2, -0.15) is 5.10 Å². The molecule has 0 aliphatic heterocycles. The number of anilines is 1. The molecule has 0 fully saturated rings. The van der Waals surface area contributed by atoms with Gasteiger partial charge in [-0.1, -0.05) is 12.1 Å². The number of aromatic nitrogens is 3. The van der Waals surface area contributed by atoms with Gasteiger partial charge < -0.3 is 0 Å². The summed E-state index contributed by atoms with van der Waals surface area (Å²) < 4.78 is 1.54. The van der Waals surface area contributed by atoms with Gasteiger partial charge in [-0.15, -0.1) is 11.3 Å². The second kappa shape index (κ2) is 7.31. The lowest BCUT2D eigenvalue weighted by Gasteiger charge is -2.02. The van der Waals surface area contributed by atoms with Gasteiger partial charge in [0.05, 0.1) is 21.9 Å². The van der Waals surface area contributed by atoms with Gasteiger partial charge in [-0.3, -0.25) is 29.7 Å². The van der Waals surface area contributed by atoms with Crippen LogP contribution < -0.4 is 5.32 Å².